The molecule has 0 amide bonds. The molecule has 0 unspecified atom stereocenters. The second kappa shape index (κ2) is 6.55. The third-order valence-corrected chi connectivity index (χ3v) is 5.76. The number of phenolic OH excluding ortho intramolecular Hbond substituents is 1. The quantitative estimate of drug-likeness (QED) is 0.666. The minimum absolute atomic E-state index is 0.111. The summed E-state index contributed by atoms with van der Waals surface area (Å²) in [5, 5.41) is 17.5. The number of aryl methyl sites for hydroxylation is 1. The molecule has 28 heavy (non-hydrogen) atoms. The van der Waals surface area contributed by atoms with Crippen LogP contribution in [0.2, 0.25) is 0 Å². The Morgan fingerprint density at radius 2 is 1.89 bits per heavy atom. The molecule has 1 spiro atoms. The van der Waals surface area contributed by atoms with Gasteiger partial charge >= 0.3 is 0 Å². The smallest absolute Gasteiger partial charge is 0.185 e. The average Bonchev–Trinajstić information content (AvgIpc) is 2.58. The van der Waals surface area contributed by atoms with Crippen molar-refractivity contribution in [1.82, 2.24) is 10.6 Å². The number of benzene rings is 2. The van der Waals surface area contributed by atoms with Gasteiger partial charge in [0.15, 0.2) is 10.8 Å². The summed E-state index contributed by atoms with van der Waals surface area (Å²) in [4.78, 5) is 0. The van der Waals surface area contributed by atoms with Gasteiger partial charge in [0.05, 0.1) is 7.11 Å². The number of nitrogens with one attached hydrogen (secondary N) is 2. The molecule has 2 aromatic carbocycles. The van der Waals surface area contributed by atoms with Gasteiger partial charge in [0.2, 0.25) is 0 Å². The van der Waals surface area contributed by atoms with Crippen molar-refractivity contribution in [2.45, 2.75) is 50.8 Å². The molecule has 0 bridgehead atoms. The second-order valence-electron chi connectivity index (χ2n) is 8.44. The predicted molar refractivity (Wildman–Crippen MR) is 113 cm³/mol. The molecule has 1 fully saturated rings. The van der Waals surface area contributed by atoms with Gasteiger partial charge in [-0.15, -0.1) is 0 Å². The van der Waals surface area contributed by atoms with Crippen LogP contribution in [0.4, 0.5) is 0 Å². The number of rotatable bonds is 2. The largest absolute Gasteiger partial charge is 0.508 e. The number of aromatic hydroxyl groups is 1. The maximum absolute atomic E-state index is 10.2. The number of ether oxygens (including phenoxy) is 2. The highest BCUT2D eigenvalue weighted by Crippen LogP contribution is 2.49. The first-order chi connectivity index (χ1) is 13.2. The zero-order valence-electron chi connectivity index (χ0n) is 16.6. The molecule has 148 valence electrons. The van der Waals surface area contributed by atoms with Crippen LogP contribution in [0.5, 0.6) is 17.2 Å². The van der Waals surface area contributed by atoms with E-state index in [1.165, 1.54) is 5.56 Å². The van der Waals surface area contributed by atoms with Crippen molar-refractivity contribution in [3.8, 4) is 17.2 Å². The van der Waals surface area contributed by atoms with Crippen molar-refractivity contribution in [2.24, 2.45) is 0 Å². The Hall–Kier alpha value is -2.47. The minimum Gasteiger partial charge on any atom is -0.508 e. The Morgan fingerprint density at radius 1 is 1.18 bits per heavy atom. The fraction of sp³-hybridized carbons (Fsp3) is 0.409. The summed E-state index contributed by atoms with van der Waals surface area (Å²) in [5.74, 6) is 1.85. The fourth-order valence-corrected chi connectivity index (χ4v) is 5.08. The third kappa shape index (κ3) is 3.37. The van der Waals surface area contributed by atoms with Gasteiger partial charge in [-0.2, -0.15) is 0 Å². The lowest BCUT2D eigenvalue weighted by molar-refractivity contribution is -0.0130. The van der Waals surface area contributed by atoms with E-state index in [0.29, 0.717) is 10.9 Å². The summed E-state index contributed by atoms with van der Waals surface area (Å²) in [6, 6.07) is 11.7. The van der Waals surface area contributed by atoms with E-state index in [4.69, 9.17) is 21.7 Å². The maximum Gasteiger partial charge on any atom is 0.185 e. The molecular weight excluding hydrogens is 372 g/mol. The Kier molecular flexibility index (Phi) is 4.42. The molecule has 0 aliphatic carbocycles. The van der Waals surface area contributed by atoms with Crippen molar-refractivity contribution in [1.29, 1.82) is 0 Å². The highest BCUT2D eigenvalue weighted by molar-refractivity contribution is 7.80. The first-order valence-electron chi connectivity index (χ1n) is 9.47. The van der Waals surface area contributed by atoms with E-state index in [1.807, 2.05) is 19.1 Å². The van der Waals surface area contributed by atoms with E-state index in [1.54, 1.807) is 19.2 Å². The van der Waals surface area contributed by atoms with Crippen molar-refractivity contribution >= 4 is 17.3 Å². The zero-order valence-corrected chi connectivity index (χ0v) is 17.4. The molecule has 6 heteroatoms. The Bertz CT molecular complexity index is 926. The first-order valence-corrected chi connectivity index (χ1v) is 9.88. The molecule has 3 N–H and O–H groups in total. The lowest BCUT2D eigenvalue weighted by atomic mass is 9.76. The second-order valence-corrected chi connectivity index (χ2v) is 8.85. The predicted octanol–water partition coefficient (Wildman–Crippen LogP) is 3.97. The number of methoxy groups -OCH3 is 1. The molecular formula is C22H26N2O3S. The van der Waals surface area contributed by atoms with Crippen LogP contribution in [0.15, 0.2) is 36.4 Å². The normalized spacial score (nSPS) is 25.3. The van der Waals surface area contributed by atoms with Crippen LogP contribution in [-0.4, -0.2) is 28.6 Å². The molecule has 0 saturated carbocycles. The van der Waals surface area contributed by atoms with Crippen molar-refractivity contribution in [3.63, 3.8) is 0 Å². The minimum atomic E-state index is -0.635. The van der Waals surface area contributed by atoms with Gasteiger partial charge in [-0.05, 0) is 62.3 Å². The molecule has 2 aliphatic heterocycles. The van der Waals surface area contributed by atoms with Gasteiger partial charge in [-0.1, -0.05) is 12.1 Å². The van der Waals surface area contributed by atoms with E-state index >= 15 is 0 Å². The molecule has 2 atom stereocenters. The van der Waals surface area contributed by atoms with E-state index in [2.05, 4.69) is 36.6 Å². The summed E-state index contributed by atoms with van der Waals surface area (Å²) in [5.41, 5.74) is 2.47. The lowest BCUT2D eigenvalue weighted by Crippen LogP contribution is -2.69. The van der Waals surface area contributed by atoms with Crippen molar-refractivity contribution in [3.05, 3.63) is 53.1 Å². The highest BCUT2D eigenvalue weighted by Gasteiger charge is 2.49. The van der Waals surface area contributed by atoms with E-state index in [0.717, 1.165) is 29.7 Å². The van der Waals surface area contributed by atoms with E-state index in [9.17, 15) is 5.11 Å². The van der Waals surface area contributed by atoms with Gasteiger partial charge in [0.1, 0.15) is 17.2 Å². The molecule has 2 aromatic rings. The molecule has 4 rings (SSSR count). The van der Waals surface area contributed by atoms with Crippen LogP contribution in [0.25, 0.3) is 0 Å². The Balaban J connectivity index is 1.83. The Labute approximate surface area is 171 Å². The summed E-state index contributed by atoms with van der Waals surface area (Å²) < 4.78 is 11.8. The topological polar surface area (TPSA) is 62.8 Å². The van der Waals surface area contributed by atoms with Crippen molar-refractivity contribution in [2.75, 3.05) is 7.11 Å². The van der Waals surface area contributed by atoms with Gasteiger partial charge in [-0.3, -0.25) is 0 Å². The zero-order chi connectivity index (χ0) is 20.1. The van der Waals surface area contributed by atoms with Crippen LogP contribution in [0.1, 0.15) is 49.3 Å². The van der Waals surface area contributed by atoms with Crippen LogP contribution in [0.3, 0.4) is 0 Å². The number of thiocarbonyl (C=S) groups is 1. The summed E-state index contributed by atoms with van der Waals surface area (Å²) in [6.07, 6.45) is 1.48. The number of phenols is 1. The maximum atomic E-state index is 10.2. The Morgan fingerprint density at radius 3 is 2.54 bits per heavy atom. The van der Waals surface area contributed by atoms with Gasteiger partial charge in [0.25, 0.3) is 0 Å². The van der Waals surface area contributed by atoms with Crippen LogP contribution >= 0.6 is 12.2 Å². The van der Waals surface area contributed by atoms with Crippen molar-refractivity contribution < 1.29 is 14.6 Å². The number of hydrogen-bond acceptors (Lipinski definition) is 4. The standard InChI is InChI=1S/C22H26N2O3S/c1-13-9-15(25)10-18-19(13)17(14-5-7-16(26-4)8-6-14)11-22(27-18)12-21(2,3)23-20(28)24-22/h5-10,17,25H,11-12H2,1-4H3,(H2,23,24,28)/t17-,22+/m0/s1. The molecule has 2 heterocycles. The van der Waals surface area contributed by atoms with Gasteiger partial charge < -0.3 is 25.2 Å². The van der Waals surface area contributed by atoms with Crippen LogP contribution < -0.4 is 20.1 Å². The van der Waals surface area contributed by atoms with E-state index < -0.39 is 5.72 Å². The number of fused-ring (bicyclic) bond motifs is 1. The molecule has 1 saturated heterocycles. The third-order valence-electron chi connectivity index (χ3n) is 5.56. The number of hydrogen-bond donors (Lipinski definition) is 3. The first kappa shape index (κ1) is 18.9. The monoisotopic (exact) mass is 398 g/mol. The highest BCUT2D eigenvalue weighted by atomic mass is 32.1. The van der Waals surface area contributed by atoms with Crippen LogP contribution in [-0.2, 0) is 0 Å². The SMILES string of the molecule is COc1ccc([C@@H]2C[C@]3(CC(C)(C)NC(=S)N3)Oc3cc(O)cc(C)c32)cc1. The van der Waals surface area contributed by atoms with E-state index in [-0.39, 0.29) is 17.2 Å². The van der Waals surface area contributed by atoms with Gasteiger partial charge in [-0.25, -0.2) is 0 Å². The lowest BCUT2D eigenvalue weighted by Gasteiger charge is -2.50. The average molecular weight is 399 g/mol. The van der Waals surface area contributed by atoms with Crippen LogP contribution in [0, 0.1) is 6.92 Å². The summed E-state index contributed by atoms with van der Waals surface area (Å²) >= 11 is 5.48. The summed E-state index contributed by atoms with van der Waals surface area (Å²) in [6.45, 7) is 6.26. The molecule has 5 nitrogen and oxygen atoms in total. The fourth-order valence-electron chi connectivity index (χ4n) is 4.62. The molecule has 0 radical (unpaired) electrons. The summed E-state index contributed by atoms with van der Waals surface area (Å²) in [7, 11) is 1.67. The molecule has 0 aromatic heterocycles. The van der Waals surface area contributed by atoms with Gasteiger partial charge in [0, 0.05) is 35.9 Å². The molecule has 2 aliphatic rings.